The molecule has 1 aliphatic carbocycles. The maximum absolute atomic E-state index is 12.2. The average molecular weight is 316 g/mol. The minimum atomic E-state index is -0.282. The van der Waals surface area contributed by atoms with Gasteiger partial charge in [-0.2, -0.15) is 0 Å². The zero-order chi connectivity index (χ0) is 16.7. The quantitative estimate of drug-likeness (QED) is 0.420. The van der Waals surface area contributed by atoms with Crippen molar-refractivity contribution in [3.63, 3.8) is 0 Å². The Kier molecular flexibility index (Phi) is 6.39. The second kappa shape index (κ2) is 8.51. The molecule has 0 aliphatic heterocycles. The van der Waals surface area contributed by atoms with Gasteiger partial charge in [-0.05, 0) is 30.5 Å². The van der Waals surface area contributed by atoms with Gasteiger partial charge in [0.25, 0.3) is 0 Å². The van der Waals surface area contributed by atoms with Gasteiger partial charge < -0.3 is 9.47 Å². The monoisotopic (exact) mass is 316 g/mol. The smallest absolute Gasteiger partial charge is 0.311 e. The van der Waals surface area contributed by atoms with Crippen molar-refractivity contribution in [2.75, 3.05) is 7.11 Å². The first-order valence-corrected chi connectivity index (χ1v) is 8.28. The van der Waals surface area contributed by atoms with Crippen molar-refractivity contribution in [3.8, 4) is 11.5 Å². The van der Waals surface area contributed by atoms with Crippen LogP contribution in [-0.2, 0) is 4.79 Å². The molecule has 124 valence electrons. The van der Waals surface area contributed by atoms with Crippen LogP contribution in [0.3, 0.4) is 0 Å². The maximum atomic E-state index is 12.2. The summed E-state index contributed by atoms with van der Waals surface area (Å²) in [6.07, 6.45) is 9.57. The fraction of sp³-hybridized carbons (Fsp3) is 0.474. The lowest BCUT2D eigenvalue weighted by Gasteiger charge is -2.12. The molecule has 4 heteroatoms. The van der Waals surface area contributed by atoms with E-state index in [1.165, 1.54) is 7.11 Å². The van der Waals surface area contributed by atoms with Crippen LogP contribution in [0.4, 0.5) is 0 Å². The van der Waals surface area contributed by atoms with Crippen LogP contribution in [0.1, 0.15) is 67.8 Å². The SMILES string of the molecule is CCCCCCC(=O)Oc1cc2c(cc1OC)C=CCCC2=O. The van der Waals surface area contributed by atoms with Crippen LogP contribution in [0.15, 0.2) is 18.2 Å². The number of allylic oxidation sites excluding steroid dienone is 1. The number of esters is 1. The van der Waals surface area contributed by atoms with Crippen molar-refractivity contribution in [2.24, 2.45) is 0 Å². The van der Waals surface area contributed by atoms with Gasteiger partial charge in [-0.25, -0.2) is 0 Å². The lowest BCUT2D eigenvalue weighted by atomic mass is 10.0. The Balaban J connectivity index is 2.13. The fourth-order valence-corrected chi connectivity index (χ4v) is 2.62. The number of hydrogen-bond acceptors (Lipinski definition) is 4. The van der Waals surface area contributed by atoms with E-state index in [1.807, 2.05) is 12.2 Å². The van der Waals surface area contributed by atoms with Crippen LogP contribution in [0.5, 0.6) is 11.5 Å². The van der Waals surface area contributed by atoms with Gasteiger partial charge in [0.15, 0.2) is 17.3 Å². The van der Waals surface area contributed by atoms with Gasteiger partial charge in [0.2, 0.25) is 0 Å². The number of ether oxygens (including phenoxy) is 2. The summed E-state index contributed by atoms with van der Waals surface area (Å²) in [6, 6.07) is 3.39. The lowest BCUT2D eigenvalue weighted by molar-refractivity contribution is -0.134. The maximum Gasteiger partial charge on any atom is 0.311 e. The number of benzene rings is 1. The molecule has 0 aromatic heterocycles. The summed E-state index contributed by atoms with van der Waals surface area (Å²) < 4.78 is 10.7. The first-order valence-electron chi connectivity index (χ1n) is 8.28. The molecule has 0 bridgehead atoms. The largest absolute Gasteiger partial charge is 0.493 e. The van der Waals surface area contributed by atoms with Crippen molar-refractivity contribution < 1.29 is 19.1 Å². The van der Waals surface area contributed by atoms with Crippen LogP contribution >= 0.6 is 0 Å². The molecule has 1 aromatic rings. The van der Waals surface area contributed by atoms with E-state index in [4.69, 9.17) is 9.47 Å². The third-order valence-electron chi connectivity index (χ3n) is 3.93. The third kappa shape index (κ3) is 4.68. The molecular weight excluding hydrogens is 292 g/mol. The summed E-state index contributed by atoms with van der Waals surface area (Å²) in [5.41, 5.74) is 1.40. The molecule has 23 heavy (non-hydrogen) atoms. The number of carbonyl (C=O) groups excluding carboxylic acids is 2. The molecule has 2 rings (SSSR count). The highest BCUT2D eigenvalue weighted by Gasteiger charge is 2.18. The molecule has 0 amide bonds. The van der Waals surface area contributed by atoms with Crippen molar-refractivity contribution >= 4 is 17.8 Å². The molecular formula is C19H24O4. The van der Waals surface area contributed by atoms with Crippen LogP contribution in [0.2, 0.25) is 0 Å². The van der Waals surface area contributed by atoms with Gasteiger partial charge in [-0.3, -0.25) is 9.59 Å². The molecule has 0 N–H and O–H groups in total. The number of fused-ring (bicyclic) bond motifs is 1. The Bertz CT molecular complexity index is 602. The molecule has 1 aromatic carbocycles. The van der Waals surface area contributed by atoms with E-state index in [9.17, 15) is 9.59 Å². The molecule has 0 atom stereocenters. The predicted octanol–water partition coefficient (Wildman–Crippen LogP) is 4.56. The minimum Gasteiger partial charge on any atom is -0.493 e. The van der Waals surface area contributed by atoms with Gasteiger partial charge in [0.1, 0.15) is 0 Å². The van der Waals surface area contributed by atoms with E-state index in [0.717, 1.165) is 37.7 Å². The normalized spacial score (nSPS) is 13.4. The number of carbonyl (C=O) groups is 2. The summed E-state index contributed by atoms with van der Waals surface area (Å²) in [7, 11) is 1.53. The van der Waals surface area contributed by atoms with Crippen molar-refractivity contribution in [2.45, 2.75) is 51.9 Å². The van der Waals surface area contributed by atoms with Crippen molar-refractivity contribution in [3.05, 3.63) is 29.3 Å². The van der Waals surface area contributed by atoms with Crippen LogP contribution in [-0.4, -0.2) is 18.9 Å². The summed E-state index contributed by atoms with van der Waals surface area (Å²) in [5.74, 6) is 0.587. The van der Waals surface area contributed by atoms with Gasteiger partial charge in [0.05, 0.1) is 7.11 Å². The molecule has 0 saturated carbocycles. The third-order valence-corrected chi connectivity index (χ3v) is 3.93. The Morgan fingerprint density at radius 1 is 1.17 bits per heavy atom. The Hall–Kier alpha value is -2.10. The van der Waals surface area contributed by atoms with E-state index >= 15 is 0 Å². The van der Waals surface area contributed by atoms with Crippen molar-refractivity contribution in [1.29, 1.82) is 0 Å². The second-order valence-electron chi connectivity index (χ2n) is 5.74. The summed E-state index contributed by atoms with van der Waals surface area (Å²) >= 11 is 0. The van der Waals surface area contributed by atoms with E-state index in [2.05, 4.69) is 6.92 Å². The molecule has 0 spiro atoms. The number of ketones is 1. The number of rotatable bonds is 7. The Morgan fingerprint density at radius 2 is 2.00 bits per heavy atom. The summed E-state index contributed by atoms with van der Waals surface area (Å²) in [6.45, 7) is 2.13. The van der Waals surface area contributed by atoms with Crippen LogP contribution in [0, 0.1) is 0 Å². The number of unbranched alkanes of at least 4 members (excludes halogenated alkanes) is 3. The molecule has 1 aliphatic rings. The van der Waals surface area contributed by atoms with E-state index < -0.39 is 0 Å². The van der Waals surface area contributed by atoms with Crippen LogP contribution in [0.25, 0.3) is 6.08 Å². The molecule has 0 heterocycles. The topological polar surface area (TPSA) is 52.6 Å². The van der Waals surface area contributed by atoms with Gasteiger partial charge in [0, 0.05) is 18.4 Å². The van der Waals surface area contributed by atoms with E-state index in [-0.39, 0.29) is 11.8 Å². The summed E-state index contributed by atoms with van der Waals surface area (Å²) in [5, 5.41) is 0. The first kappa shape index (κ1) is 17.3. The number of hydrogen-bond donors (Lipinski definition) is 0. The fourth-order valence-electron chi connectivity index (χ4n) is 2.62. The number of Topliss-reactive ketones (excluding diaryl/α,β-unsaturated/α-hetero) is 1. The van der Waals surface area contributed by atoms with Gasteiger partial charge in [-0.1, -0.05) is 38.3 Å². The zero-order valence-electron chi connectivity index (χ0n) is 13.9. The standard InChI is InChI=1S/C19H24O4/c1-3-4-5-6-11-19(21)23-18-13-15-14(12-17(18)22-2)9-7-8-10-16(15)20/h7,9,12-13H,3-6,8,10-11H2,1-2H3. The lowest BCUT2D eigenvalue weighted by Crippen LogP contribution is -2.10. The molecule has 0 saturated heterocycles. The van der Waals surface area contributed by atoms with Gasteiger partial charge in [-0.15, -0.1) is 0 Å². The highest BCUT2D eigenvalue weighted by atomic mass is 16.6. The van der Waals surface area contributed by atoms with Crippen molar-refractivity contribution in [1.82, 2.24) is 0 Å². The van der Waals surface area contributed by atoms with E-state index in [1.54, 1.807) is 12.1 Å². The van der Waals surface area contributed by atoms with E-state index in [0.29, 0.717) is 29.9 Å². The van der Waals surface area contributed by atoms with Crippen LogP contribution < -0.4 is 9.47 Å². The Labute approximate surface area is 137 Å². The molecule has 0 fully saturated rings. The predicted molar refractivity (Wildman–Crippen MR) is 90.0 cm³/mol. The van der Waals surface area contributed by atoms with Gasteiger partial charge >= 0.3 is 5.97 Å². The molecule has 0 radical (unpaired) electrons. The number of methoxy groups -OCH3 is 1. The first-order chi connectivity index (χ1) is 11.2. The Morgan fingerprint density at radius 3 is 2.74 bits per heavy atom. The second-order valence-corrected chi connectivity index (χ2v) is 5.74. The average Bonchev–Trinajstić information content (AvgIpc) is 2.72. The highest BCUT2D eigenvalue weighted by Crippen LogP contribution is 2.33. The zero-order valence-corrected chi connectivity index (χ0v) is 13.9. The highest BCUT2D eigenvalue weighted by molar-refractivity contribution is 6.01. The minimum absolute atomic E-state index is 0.0629. The summed E-state index contributed by atoms with van der Waals surface area (Å²) in [4.78, 5) is 24.2. The molecule has 4 nitrogen and oxygen atoms in total. The molecule has 0 unspecified atom stereocenters.